The van der Waals surface area contributed by atoms with E-state index in [-0.39, 0.29) is 98.8 Å². The van der Waals surface area contributed by atoms with Crippen LogP contribution in [0.5, 0.6) is 0 Å². The zero-order valence-corrected chi connectivity index (χ0v) is 57.9. The van der Waals surface area contributed by atoms with Gasteiger partial charge in [-0.2, -0.15) is 0 Å². The van der Waals surface area contributed by atoms with Crippen LogP contribution in [0.3, 0.4) is 0 Å². The van der Waals surface area contributed by atoms with Crippen molar-refractivity contribution in [3.05, 3.63) is 0 Å². The molecule has 0 aliphatic rings. The molecule has 0 aromatic carbocycles. The van der Waals surface area contributed by atoms with Gasteiger partial charge in [0.1, 0.15) is 18.3 Å². The second-order valence-corrected chi connectivity index (χ2v) is 23.2. The third-order valence-electron chi connectivity index (χ3n) is 15.3. The van der Waals surface area contributed by atoms with Crippen molar-refractivity contribution in [1.29, 1.82) is 0 Å². The largest absolute Gasteiger partial charge is 1.00 e. The molecule has 0 N–H and O–H groups in total. The van der Waals surface area contributed by atoms with Crippen LogP contribution in [0.15, 0.2) is 0 Å². The van der Waals surface area contributed by atoms with Crippen LogP contribution in [0.4, 0.5) is 0 Å². The van der Waals surface area contributed by atoms with Gasteiger partial charge in [0.05, 0.1) is 64.8 Å². The standard InChI is InChI=1S/C67H132O11.2Na/c1-4-7-10-13-16-19-22-25-28-31-34-37-40-43-46-49-52-72-55-63(76-60-65(78-62-67(70)71)57-74-54-51-48-45-42-39-36-33-30-27-24-21-18-15-12-9-6-3)58-75-59-64(77-61-66(68)69)56-73-53-50-47-44-41-38-35-32-29-26-23-20-17-14-11-8-5-2;;/h63-65H,4-62H2,1-3H3,(H,68,69)(H,70,71);;/q;2*+1/p-2. The molecule has 0 aliphatic heterocycles. The predicted molar refractivity (Wildman–Crippen MR) is 321 cm³/mol. The van der Waals surface area contributed by atoms with Gasteiger partial charge in [-0.05, 0) is 19.3 Å². The Labute approximate surface area is 539 Å². The molecule has 3 unspecified atom stereocenters. The molecule has 0 radical (unpaired) electrons. The van der Waals surface area contributed by atoms with Crippen molar-refractivity contribution in [2.75, 3.05) is 72.7 Å². The number of carboxylic acids is 2. The fourth-order valence-corrected chi connectivity index (χ4v) is 10.3. The van der Waals surface area contributed by atoms with Crippen LogP contribution in [0, 0.1) is 0 Å². The topological polar surface area (TPSA) is 145 Å². The molecule has 11 nitrogen and oxygen atoms in total. The molecule has 0 aliphatic carbocycles. The van der Waals surface area contributed by atoms with Gasteiger partial charge in [-0.3, -0.25) is 0 Å². The summed E-state index contributed by atoms with van der Waals surface area (Å²) in [5.41, 5.74) is 0. The molecule has 0 saturated heterocycles. The molecular weight excluding hydrogens is 1030 g/mol. The van der Waals surface area contributed by atoms with Crippen LogP contribution in [0.25, 0.3) is 0 Å². The summed E-state index contributed by atoms with van der Waals surface area (Å²) in [4.78, 5) is 22.7. The quantitative estimate of drug-likeness (QED) is 0.0424. The van der Waals surface area contributed by atoms with E-state index in [4.69, 9.17) is 33.2 Å². The van der Waals surface area contributed by atoms with Crippen LogP contribution in [-0.2, 0) is 42.7 Å². The van der Waals surface area contributed by atoms with Crippen molar-refractivity contribution in [1.82, 2.24) is 0 Å². The number of hydrogen-bond donors (Lipinski definition) is 0. The van der Waals surface area contributed by atoms with Gasteiger partial charge in [-0.25, -0.2) is 0 Å². The molecule has 0 bridgehead atoms. The normalized spacial score (nSPS) is 12.6. The molecule has 0 amide bonds. The zero-order valence-electron chi connectivity index (χ0n) is 53.9. The second-order valence-electron chi connectivity index (χ2n) is 23.2. The smallest absolute Gasteiger partial charge is 0.548 e. The third-order valence-corrected chi connectivity index (χ3v) is 15.3. The van der Waals surface area contributed by atoms with Gasteiger partial charge >= 0.3 is 59.1 Å². The summed E-state index contributed by atoms with van der Waals surface area (Å²) in [6, 6.07) is 0. The Kier molecular flexibility index (Phi) is 78.4. The van der Waals surface area contributed by atoms with Crippen molar-refractivity contribution in [3.8, 4) is 0 Å². The van der Waals surface area contributed by atoms with Gasteiger partial charge in [0, 0.05) is 19.8 Å². The maximum atomic E-state index is 11.4. The molecule has 3 atom stereocenters. The maximum absolute atomic E-state index is 11.4. The monoisotopic (exact) mass is 1160 g/mol. The molecular formula is C67H130Na2O11. The molecule has 466 valence electrons. The number of carbonyl (C=O) groups is 2. The average molecular weight is 1160 g/mol. The summed E-state index contributed by atoms with van der Waals surface area (Å²) in [5, 5.41) is 22.7. The van der Waals surface area contributed by atoms with Crippen LogP contribution < -0.4 is 69.3 Å². The van der Waals surface area contributed by atoms with E-state index < -0.39 is 43.5 Å². The number of aliphatic carboxylic acids is 2. The van der Waals surface area contributed by atoms with E-state index in [0.29, 0.717) is 19.8 Å². The first-order valence-electron chi connectivity index (χ1n) is 34.0. The molecule has 80 heavy (non-hydrogen) atoms. The van der Waals surface area contributed by atoms with Gasteiger partial charge in [-0.15, -0.1) is 0 Å². The van der Waals surface area contributed by atoms with E-state index in [0.717, 1.165) is 38.5 Å². The second kappa shape index (κ2) is 73.9. The first-order valence-corrected chi connectivity index (χ1v) is 34.0. The maximum Gasteiger partial charge on any atom is 1.00 e. The Morgan fingerprint density at radius 3 is 0.637 bits per heavy atom. The number of rotatable bonds is 70. The average Bonchev–Trinajstić information content (AvgIpc) is 3.43. The van der Waals surface area contributed by atoms with E-state index in [1.54, 1.807) is 0 Å². The van der Waals surface area contributed by atoms with Crippen molar-refractivity contribution >= 4 is 11.9 Å². The Morgan fingerprint density at radius 1 is 0.250 bits per heavy atom. The van der Waals surface area contributed by atoms with Gasteiger partial charge in [0.25, 0.3) is 0 Å². The summed E-state index contributed by atoms with van der Waals surface area (Å²) in [7, 11) is 0. The summed E-state index contributed by atoms with van der Waals surface area (Å²) < 4.78 is 41.7. The first kappa shape index (κ1) is 84.9. The molecule has 0 saturated carbocycles. The van der Waals surface area contributed by atoms with E-state index in [9.17, 15) is 19.8 Å². The summed E-state index contributed by atoms with van der Waals surface area (Å²) >= 11 is 0. The van der Waals surface area contributed by atoms with E-state index in [1.807, 2.05) is 0 Å². The van der Waals surface area contributed by atoms with Crippen LogP contribution in [-0.4, -0.2) is 103 Å². The van der Waals surface area contributed by atoms with Crippen molar-refractivity contribution in [2.24, 2.45) is 0 Å². The number of unbranched alkanes of at least 4 members (excludes halogenated alkanes) is 45. The molecule has 0 aromatic rings. The SMILES string of the molecule is CCCCCCCCCCCCCCCCCCOCC(COCC(COCCCCCCCCCCCCCCCCCC)OCC(COCCCCCCCCCCCCCCCCCC)OCC(=O)[O-])OCC(=O)[O-].[Na+].[Na+]. The van der Waals surface area contributed by atoms with Gasteiger partial charge < -0.3 is 53.0 Å². The van der Waals surface area contributed by atoms with E-state index in [2.05, 4.69) is 20.8 Å². The molecule has 0 fully saturated rings. The van der Waals surface area contributed by atoms with Gasteiger partial charge in [-0.1, -0.05) is 310 Å². The third kappa shape index (κ3) is 71.1. The number of hydrogen-bond acceptors (Lipinski definition) is 11. The van der Waals surface area contributed by atoms with Crippen molar-refractivity contribution in [2.45, 2.75) is 347 Å². The molecule has 13 heteroatoms. The minimum atomic E-state index is -1.29. The molecule has 0 aromatic heterocycles. The van der Waals surface area contributed by atoms with Crippen LogP contribution in [0.1, 0.15) is 329 Å². The van der Waals surface area contributed by atoms with E-state index >= 15 is 0 Å². The predicted octanol–water partition coefficient (Wildman–Crippen LogP) is 10.5. The van der Waals surface area contributed by atoms with Gasteiger partial charge in [0.15, 0.2) is 0 Å². The Bertz CT molecular complexity index is 1170. The fraction of sp³-hybridized carbons (Fsp3) is 0.970. The Balaban J connectivity index is -0.0000296. The summed E-state index contributed by atoms with van der Waals surface area (Å²) in [5.74, 6) is -2.58. The van der Waals surface area contributed by atoms with Gasteiger partial charge in [0.2, 0.25) is 0 Å². The molecule has 0 spiro atoms. The Hall–Kier alpha value is 0.660. The van der Waals surface area contributed by atoms with E-state index in [1.165, 1.54) is 270 Å². The van der Waals surface area contributed by atoms with Crippen molar-refractivity contribution < 1.29 is 112 Å². The molecule has 0 rings (SSSR count). The fourth-order valence-electron chi connectivity index (χ4n) is 10.3. The first-order chi connectivity index (χ1) is 38.4. The number of ether oxygens (including phenoxy) is 7. The number of carbonyl (C=O) groups excluding carboxylic acids is 2. The summed E-state index contributed by atoms with van der Waals surface area (Å²) in [6.07, 6.45) is 61.2. The number of carboxylic acid groups (broad SMARTS) is 2. The Morgan fingerprint density at radius 2 is 0.425 bits per heavy atom. The minimum Gasteiger partial charge on any atom is -0.548 e. The van der Waals surface area contributed by atoms with Crippen LogP contribution in [0.2, 0.25) is 0 Å². The van der Waals surface area contributed by atoms with Crippen LogP contribution >= 0.6 is 0 Å². The van der Waals surface area contributed by atoms with Crippen molar-refractivity contribution in [3.63, 3.8) is 0 Å². The minimum absolute atomic E-state index is 0. The zero-order chi connectivity index (χ0) is 56.6. The molecule has 0 heterocycles. The summed E-state index contributed by atoms with van der Waals surface area (Å²) in [6.45, 7) is 8.56.